The summed E-state index contributed by atoms with van der Waals surface area (Å²) in [5.41, 5.74) is 8.11. The van der Waals surface area contributed by atoms with Gasteiger partial charge in [0.05, 0.1) is 12.3 Å². The first kappa shape index (κ1) is 11.1. The van der Waals surface area contributed by atoms with Crippen LogP contribution in [0.3, 0.4) is 0 Å². The Balaban J connectivity index is 2.00. The third-order valence-electron chi connectivity index (χ3n) is 3.14. The summed E-state index contributed by atoms with van der Waals surface area (Å²) in [5, 5.41) is 3.44. The van der Waals surface area contributed by atoms with Crippen molar-refractivity contribution in [3.05, 3.63) is 18.2 Å². The normalized spacial score (nSPS) is 16.9. The van der Waals surface area contributed by atoms with Crippen LogP contribution in [0.5, 0.6) is 5.75 Å². The molecule has 0 bridgehead atoms. The Morgan fingerprint density at radius 3 is 2.81 bits per heavy atom. The molecule has 0 saturated heterocycles. The molecular formula is C13H20N2O. The van der Waals surface area contributed by atoms with Crippen LogP contribution in [0.15, 0.2) is 18.2 Å². The van der Waals surface area contributed by atoms with Crippen LogP contribution in [-0.4, -0.2) is 13.2 Å². The SMILES string of the molecule is CCOc1cc(NCC2(C)CC2)ccc1N. The molecule has 0 aromatic heterocycles. The number of rotatable bonds is 5. The summed E-state index contributed by atoms with van der Waals surface area (Å²) in [6.45, 7) is 5.94. The van der Waals surface area contributed by atoms with E-state index >= 15 is 0 Å². The molecule has 0 aliphatic heterocycles. The maximum Gasteiger partial charge on any atom is 0.144 e. The molecule has 0 spiro atoms. The van der Waals surface area contributed by atoms with Crippen molar-refractivity contribution in [2.45, 2.75) is 26.7 Å². The lowest BCUT2D eigenvalue weighted by Crippen LogP contribution is -2.11. The Hall–Kier alpha value is -1.38. The van der Waals surface area contributed by atoms with E-state index < -0.39 is 0 Å². The lowest BCUT2D eigenvalue weighted by molar-refractivity contribution is 0.342. The Morgan fingerprint density at radius 2 is 2.19 bits per heavy atom. The highest BCUT2D eigenvalue weighted by atomic mass is 16.5. The molecule has 2 rings (SSSR count). The lowest BCUT2D eigenvalue weighted by atomic mass is 10.1. The van der Waals surface area contributed by atoms with Crippen molar-refractivity contribution in [2.24, 2.45) is 5.41 Å². The van der Waals surface area contributed by atoms with Crippen molar-refractivity contribution in [3.8, 4) is 5.75 Å². The number of nitrogens with one attached hydrogen (secondary N) is 1. The number of ether oxygens (including phenoxy) is 1. The molecule has 1 aromatic rings. The lowest BCUT2D eigenvalue weighted by Gasteiger charge is -2.13. The zero-order valence-corrected chi connectivity index (χ0v) is 10.0. The van der Waals surface area contributed by atoms with E-state index in [1.54, 1.807) is 0 Å². The van der Waals surface area contributed by atoms with Crippen molar-refractivity contribution in [3.63, 3.8) is 0 Å². The molecule has 0 heterocycles. The summed E-state index contributed by atoms with van der Waals surface area (Å²) in [7, 11) is 0. The van der Waals surface area contributed by atoms with Gasteiger partial charge >= 0.3 is 0 Å². The second-order valence-corrected chi connectivity index (χ2v) is 4.85. The van der Waals surface area contributed by atoms with Crippen LogP contribution < -0.4 is 15.8 Å². The fourth-order valence-corrected chi connectivity index (χ4v) is 1.63. The molecule has 3 heteroatoms. The Labute approximate surface area is 97.0 Å². The van der Waals surface area contributed by atoms with Gasteiger partial charge < -0.3 is 15.8 Å². The predicted molar refractivity (Wildman–Crippen MR) is 67.9 cm³/mol. The van der Waals surface area contributed by atoms with Gasteiger partial charge in [-0.1, -0.05) is 6.92 Å². The molecule has 16 heavy (non-hydrogen) atoms. The quantitative estimate of drug-likeness (QED) is 0.750. The fraction of sp³-hybridized carbons (Fsp3) is 0.538. The van der Waals surface area contributed by atoms with Gasteiger partial charge in [0.15, 0.2) is 0 Å². The standard InChI is InChI=1S/C13H20N2O/c1-3-16-12-8-10(4-5-11(12)14)15-9-13(2)6-7-13/h4-5,8,15H,3,6-7,9,14H2,1-2H3. The summed E-state index contributed by atoms with van der Waals surface area (Å²) in [4.78, 5) is 0. The molecule has 1 aromatic carbocycles. The van der Waals surface area contributed by atoms with Crippen LogP contribution in [0.25, 0.3) is 0 Å². The van der Waals surface area contributed by atoms with Gasteiger partial charge in [0.2, 0.25) is 0 Å². The van der Waals surface area contributed by atoms with Gasteiger partial charge in [-0.25, -0.2) is 0 Å². The minimum Gasteiger partial charge on any atom is -0.492 e. The molecule has 0 radical (unpaired) electrons. The summed E-state index contributed by atoms with van der Waals surface area (Å²) in [6, 6.07) is 5.87. The second-order valence-electron chi connectivity index (χ2n) is 4.85. The van der Waals surface area contributed by atoms with Crippen LogP contribution in [0.2, 0.25) is 0 Å². The molecule has 0 amide bonds. The van der Waals surface area contributed by atoms with Crippen LogP contribution in [0.1, 0.15) is 26.7 Å². The van der Waals surface area contributed by atoms with E-state index in [0.29, 0.717) is 17.7 Å². The molecule has 3 N–H and O–H groups in total. The van der Waals surface area contributed by atoms with Gasteiger partial charge in [-0.05, 0) is 37.3 Å². The summed E-state index contributed by atoms with van der Waals surface area (Å²) in [5.74, 6) is 0.772. The number of hydrogen-bond donors (Lipinski definition) is 2. The second kappa shape index (κ2) is 4.24. The van der Waals surface area contributed by atoms with Crippen LogP contribution in [0.4, 0.5) is 11.4 Å². The van der Waals surface area contributed by atoms with E-state index in [-0.39, 0.29) is 0 Å². The Morgan fingerprint density at radius 1 is 1.44 bits per heavy atom. The molecule has 1 aliphatic carbocycles. The first-order valence-corrected chi connectivity index (χ1v) is 5.89. The predicted octanol–water partition coefficient (Wildman–Crippen LogP) is 2.88. The van der Waals surface area contributed by atoms with Crippen molar-refractivity contribution in [1.29, 1.82) is 0 Å². The third kappa shape index (κ3) is 2.60. The highest BCUT2D eigenvalue weighted by Crippen LogP contribution is 2.44. The number of benzene rings is 1. The minimum absolute atomic E-state index is 0.507. The Bertz CT molecular complexity index is 372. The van der Waals surface area contributed by atoms with Gasteiger partial charge in [0.1, 0.15) is 5.75 Å². The average Bonchev–Trinajstić information content (AvgIpc) is 2.99. The molecule has 1 saturated carbocycles. The van der Waals surface area contributed by atoms with E-state index in [9.17, 15) is 0 Å². The summed E-state index contributed by atoms with van der Waals surface area (Å²) in [6.07, 6.45) is 2.65. The molecule has 1 aliphatic rings. The number of nitrogen functional groups attached to an aromatic ring is 1. The maximum atomic E-state index is 5.82. The maximum absolute atomic E-state index is 5.82. The van der Waals surface area contributed by atoms with Crippen molar-refractivity contribution < 1.29 is 4.74 Å². The van der Waals surface area contributed by atoms with E-state index in [2.05, 4.69) is 12.2 Å². The monoisotopic (exact) mass is 220 g/mol. The van der Waals surface area contributed by atoms with Gasteiger partial charge in [-0.3, -0.25) is 0 Å². The first-order chi connectivity index (χ1) is 7.63. The molecule has 3 nitrogen and oxygen atoms in total. The van der Waals surface area contributed by atoms with Crippen molar-refractivity contribution in [1.82, 2.24) is 0 Å². The van der Waals surface area contributed by atoms with Gasteiger partial charge in [-0.15, -0.1) is 0 Å². The summed E-state index contributed by atoms with van der Waals surface area (Å²) >= 11 is 0. The Kier molecular flexibility index (Phi) is 2.95. The van der Waals surface area contributed by atoms with E-state index in [4.69, 9.17) is 10.5 Å². The smallest absolute Gasteiger partial charge is 0.144 e. The average molecular weight is 220 g/mol. The van der Waals surface area contributed by atoms with Gasteiger partial charge in [0.25, 0.3) is 0 Å². The number of nitrogens with two attached hydrogens (primary N) is 1. The third-order valence-corrected chi connectivity index (χ3v) is 3.14. The number of hydrogen-bond acceptors (Lipinski definition) is 3. The topological polar surface area (TPSA) is 47.3 Å². The highest BCUT2D eigenvalue weighted by Gasteiger charge is 2.36. The molecular weight excluding hydrogens is 200 g/mol. The van der Waals surface area contributed by atoms with Crippen LogP contribution in [-0.2, 0) is 0 Å². The minimum atomic E-state index is 0.507. The van der Waals surface area contributed by atoms with E-state index in [1.165, 1.54) is 12.8 Å². The first-order valence-electron chi connectivity index (χ1n) is 5.89. The largest absolute Gasteiger partial charge is 0.492 e. The van der Waals surface area contributed by atoms with E-state index in [1.807, 2.05) is 25.1 Å². The molecule has 88 valence electrons. The molecule has 0 atom stereocenters. The van der Waals surface area contributed by atoms with Crippen molar-refractivity contribution in [2.75, 3.05) is 24.2 Å². The molecule has 0 unspecified atom stereocenters. The highest BCUT2D eigenvalue weighted by molar-refractivity contribution is 5.61. The van der Waals surface area contributed by atoms with Crippen LogP contribution >= 0.6 is 0 Å². The van der Waals surface area contributed by atoms with Gasteiger partial charge in [-0.2, -0.15) is 0 Å². The van der Waals surface area contributed by atoms with Crippen molar-refractivity contribution >= 4 is 11.4 Å². The van der Waals surface area contributed by atoms with Crippen LogP contribution in [0, 0.1) is 5.41 Å². The van der Waals surface area contributed by atoms with Gasteiger partial charge in [0, 0.05) is 18.3 Å². The number of anilines is 2. The molecule has 1 fully saturated rings. The summed E-state index contributed by atoms with van der Waals surface area (Å²) < 4.78 is 5.46. The zero-order valence-electron chi connectivity index (χ0n) is 10.0. The zero-order chi connectivity index (χ0) is 11.6. The fourth-order valence-electron chi connectivity index (χ4n) is 1.63. The van der Waals surface area contributed by atoms with E-state index in [0.717, 1.165) is 18.0 Å².